The molecule has 5 nitrogen and oxygen atoms in total. The van der Waals surface area contributed by atoms with E-state index in [-0.39, 0.29) is 13.2 Å². The first-order valence-corrected chi connectivity index (χ1v) is 6.88. The van der Waals surface area contributed by atoms with Crippen LogP contribution >= 0.6 is 7.28 Å². The molecule has 0 bridgehead atoms. The number of hydrogen-bond donors (Lipinski definition) is 3. The van der Waals surface area contributed by atoms with Crippen LogP contribution in [-0.2, 0) is 4.52 Å². The van der Waals surface area contributed by atoms with Gasteiger partial charge in [0.25, 0.3) is 0 Å². The molecule has 84 valence electrons. The second kappa shape index (κ2) is 5.86. The van der Waals surface area contributed by atoms with Gasteiger partial charge in [-0.3, -0.25) is 0 Å². The van der Waals surface area contributed by atoms with E-state index in [0.717, 1.165) is 0 Å². The SMILES string of the molecule is CN(C)C.CP(C)(O)(O)OCCO. The summed E-state index contributed by atoms with van der Waals surface area (Å²) in [4.78, 5) is 19.9. The van der Waals surface area contributed by atoms with Gasteiger partial charge >= 0.3 is 53.2 Å². The van der Waals surface area contributed by atoms with Crippen molar-refractivity contribution in [1.29, 1.82) is 0 Å². The molecule has 3 N–H and O–H groups in total. The van der Waals surface area contributed by atoms with E-state index in [1.165, 1.54) is 13.3 Å². The molecular weight excluding hydrogens is 193 g/mol. The third kappa shape index (κ3) is 33.0. The average Bonchev–Trinajstić information content (AvgIpc) is 1.79. The van der Waals surface area contributed by atoms with E-state index < -0.39 is 7.28 Å². The molecular formula is C7H22NO4P. The Morgan fingerprint density at radius 1 is 1.15 bits per heavy atom. The maximum atomic E-state index is 8.97. The van der Waals surface area contributed by atoms with Crippen molar-refractivity contribution in [2.24, 2.45) is 0 Å². The van der Waals surface area contributed by atoms with Crippen LogP contribution in [0.4, 0.5) is 0 Å². The molecule has 0 fully saturated rings. The van der Waals surface area contributed by atoms with Crippen LogP contribution in [-0.4, -0.2) is 67.5 Å². The van der Waals surface area contributed by atoms with E-state index in [9.17, 15) is 0 Å². The van der Waals surface area contributed by atoms with Gasteiger partial charge in [0.2, 0.25) is 0 Å². The van der Waals surface area contributed by atoms with Gasteiger partial charge in [-0.05, 0) is 21.1 Å². The molecule has 0 aliphatic heterocycles. The Morgan fingerprint density at radius 2 is 1.46 bits per heavy atom. The van der Waals surface area contributed by atoms with Gasteiger partial charge in [0.15, 0.2) is 0 Å². The summed E-state index contributed by atoms with van der Waals surface area (Å²) in [5.74, 6) is 0. The van der Waals surface area contributed by atoms with E-state index in [1.807, 2.05) is 26.0 Å². The van der Waals surface area contributed by atoms with Crippen molar-refractivity contribution in [3.05, 3.63) is 0 Å². The van der Waals surface area contributed by atoms with Crippen molar-refractivity contribution in [3.8, 4) is 0 Å². The van der Waals surface area contributed by atoms with Crippen LogP contribution in [0.1, 0.15) is 0 Å². The first kappa shape index (κ1) is 15.7. The Morgan fingerprint density at radius 3 is 1.54 bits per heavy atom. The van der Waals surface area contributed by atoms with Gasteiger partial charge < -0.3 is 4.90 Å². The summed E-state index contributed by atoms with van der Waals surface area (Å²) in [6, 6.07) is 0. The van der Waals surface area contributed by atoms with Gasteiger partial charge in [0.05, 0.1) is 0 Å². The zero-order valence-corrected chi connectivity index (χ0v) is 9.95. The first-order chi connectivity index (χ1) is 5.54. The predicted molar refractivity (Wildman–Crippen MR) is 55.9 cm³/mol. The normalized spacial score (nSPS) is 14.4. The van der Waals surface area contributed by atoms with Crippen molar-refractivity contribution in [2.75, 3.05) is 47.7 Å². The van der Waals surface area contributed by atoms with Crippen LogP contribution in [0.2, 0.25) is 0 Å². The molecule has 0 saturated heterocycles. The van der Waals surface area contributed by atoms with Gasteiger partial charge in [-0.15, -0.1) is 0 Å². The number of aliphatic hydroxyl groups is 1. The van der Waals surface area contributed by atoms with E-state index >= 15 is 0 Å². The first-order valence-electron chi connectivity index (χ1n) is 3.92. The molecule has 0 atom stereocenters. The second-order valence-corrected chi connectivity index (χ2v) is 7.75. The molecule has 0 heterocycles. The number of rotatable bonds is 3. The molecule has 0 aromatic heterocycles. The fourth-order valence-electron chi connectivity index (χ4n) is 0.305. The molecule has 0 aliphatic carbocycles. The third-order valence-electron chi connectivity index (χ3n) is 0.556. The summed E-state index contributed by atoms with van der Waals surface area (Å²) >= 11 is 0. The number of aliphatic hydroxyl groups excluding tert-OH is 1. The third-order valence-corrected chi connectivity index (χ3v) is 1.49. The molecule has 0 radical (unpaired) electrons. The van der Waals surface area contributed by atoms with Gasteiger partial charge in [-0.25, -0.2) is 0 Å². The van der Waals surface area contributed by atoms with Crippen molar-refractivity contribution in [2.45, 2.75) is 0 Å². The van der Waals surface area contributed by atoms with E-state index in [0.29, 0.717) is 0 Å². The summed E-state index contributed by atoms with van der Waals surface area (Å²) < 4.78 is 4.56. The molecule has 6 heteroatoms. The zero-order chi connectivity index (χ0) is 11.1. The van der Waals surface area contributed by atoms with E-state index in [4.69, 9.17) is 14.9 Å². The van der Waals surface area contributed by atoms with Crippen LogP contribution in [0.5, 0.6) is 0 Å². The second-order valence-electron chi connectivity index (χ2n) is 3.76. The average molecular weight is 215 g/mol. The molecule has 0 aliphatic rings. The van der Waals surface area contributed by atoms with Gasteiger partial charge in [0.1, 0.15) is 0 Å². The van der Waals surface area contributed by atoms with Crippen molar-refractivity contribution < 1.29 is 19.4 Å². The summed E-state index contributed by atoms with van der Waals surface area (Å²) in [6.45, 7) is 2.22. The molecule has 0 aromatic rings. The van der Waals surface area contributed by atoms with E-state index in [2.05, 4.69) is 4.52 Å². The van der Waals surface area contributed by atoms with Crippen LogP contribution in [0, 0.1) is 0 Å². The molecule has 0 rings (SSSR count). The number of nitrogens with zero attached hydrogens (tertiary/aromatic N) is 1. The summed E-state index contributed by atoms with van der Waals surface area (Å²) in [5, 5.41) is 8.22. The Bertz CT molecular complexity index is 120. The van der Waals surface area contributed by atoms with E-state index in [1.54, 1.807) is 0 Å². The van der Waals surface area contributed by atoms with Crippen LogP contribution in [0.25, 0.3) is 0 Å². The fourth-order valence-corrected chi connectivity index (χ4v) is 0.915. The van der Waals surface area contributed by atoms with Gasteiger partial charge in [-0.1, -0.05) is 0 Å². The zero-order valence-electron chi connectivity index (χ0n) is 9.06. The predicted octanol–water partition coefficient (Wildman–Crippen LogP) is -0.284. The maximum absolute atomic E-state index is 8.97. The Kier molecular flexibility index (Phi) is 7.07. The standard InChI is InChI=1S/C4H13O4P.C3H9N/c1-9(2,6,7)8-4-3-5;1-4(2)3/h5-7H,3-4H2,1-2H3;1-3H3. The Balaban J connectivity index is 0. The topological polar surface area (TPSA) is 73.2 Å². The Labute approximate surface area is 80.1 Å². The number of hydrogen-bond acceptors (Lipinski definition) is 5. The molecule has 0 saturated carbocycles. The van der Waals surface area contributed by atoms with Crippen molar-refractivity contribution in [1.82, 2.24) is 4.90 Å². The Hall–Kier alpha value is 0.230. The quantitative estimate of drug-likeness (QED) is 0.564. The van der Waals surface area contributed by atoms with Crippen LogP contribution in [0.3, 0.4) is 0 Å². The minimum atomic E-state index is -3.79. The van der Waals surface area contributed by atoms with Crippen LogP contribution < -0.4 is 0 Å². The van der Waals surface area contributed by atoms with Gasteiger partial charge in [-0.2, -0.15) is 0 Å². The monoisotopic (exact) mass is 215 g/mol. The summed E-state index contributed by atoms with van der Waals surface area (Å²) in [6.07, 6.45) is 0. The molecule has 0 aromatic carbocycles. The summed E-state index contributed by atoms with van der Waals surface area (Å²) in [5.41, 5.74) is 0. The summed E-state index contributed by atoms with van der Waals surface area (Å²) in [7, 11) is 2.21. The molecule has 0 amide bonds. The van der Waals surface area contributed by atoms with Crippen LogP contribution in [0.15, 0.2) is 0 Å². The van der Waals surface area contributed by atoms with Gasteiger partial charge in [0, 0.05) is 0 Å². The molecule has 0 spiro atoms. The molecule has 0 unspecified atom stereocenters. The fraction of sp³-hybridized carbons (Fsp3) is 1.00. The van der Waals surface area contributed by atoms with Crippen molar-refractivity contribution in [3.63, 3.8) is 0 Å². The minimum absolute atomic E-state index is 0.0299. The van der Waals surface area contributed by atoms with Crippen molar-refractivity contribution >= 4 is 7.28 Å². The molecule has 13 heavy (non-hydrogen) atoms.